The maximum atomic E-state index is 11.6. The van der Waals surface area contributed by atoms with E-state index in [9.17, 15) is 4.79 Å². The minimum absolute atomic E-state index is 0.192. The van der Waals surface area contributed by atoms with E-state index in [1.54, 1.807) is 12.1 Å². The number of benzene rings is 1. The van der Waals surface area contributed by atoms with Crippen LogP contribution in [-0.2, 0) is 0 Å². The summed E-state index contributed by atoms with van der Waals surface area (Å²) in [6.07, 6.45) is 1.91. The lowest BCUT2D eigenvalue weighted by atomic mass is 10.2. The Morgan fingerprint density at radius 1 is 1.19 bits per heavy atom. The number of amides is 1. The molecule has 0 aliphatic carbocycles. The number of hydrogen-bond acceptors (Lipinski definition) is 2. The fourth-order valence-electron chi connectivity index (χ4n) is 1.24. The third-order valence-corrected chi connectivity index (χ3v) is 1.87. The lowest BCUT2D eigenvalue weighted by Crippen LogP contribution is -2.18. The number of nitrogens with zero attached hydrogens (tertiary/aromatic N) is 1. The van der Waals surface area contributed by atoms with Crippen LogP contribution in [0.3, 0.4) is 0 Å². The summed E-state index contributed by atoms with van der Waals surface area (Å²) in [5.74, 6) is -0.192. The Labute approximate surface area is 95.9 Å². The van der Waals surface area contributed by atoms with E-state index < -0.39 is 0 Å². The molecule has 0 saturated heterocycles. The van der Waals surface area contributed by atoms with Gasteiger partial charge in [0.2, 0.25) is 0 Å². The van der Waals surface area contributed by atoms with Crippen LogP contribution in [0, 0.1) is 0 Å². The van der Waals surface area contributed by atoms with Gasteiger partial charge in [-0.25, -0.2) is 5.43 Å². The Hall–Kier alpha value is -1.90. The number of hydrogen-bond donors (Lipinski definition) is 1. The molecule has 0 spiro atoms. The zero-order valence-electron chi connectivity index (χ0n) is 9.82. The van der Waals surface area contributed by atoms with Crippen molar-refractivity contribution in [2.75, 3.05) is 0 Å². The average Bonchev–Trinajstić information content (AvgIpc) is 2.26. The van der Waals surface area contributed by atoms with Crippen LogP contribution in [0.25, 0.3) is 0 Å². The van der Waals surface area contributed by atoms with Gasteiger partial charge in [0.05, 0.1) is 5.71 Å². The maximum Gasteiger partial charge on any atom is 0.271 e. The zero-order valence-corrected chi connectivity index (χ0v) is 9.82. The lowest BCUT2D eigenvalue weighted by Gasteiger charge is -2.00. The van der Waals surface area contributed by atoms with Crippen molar-refractivity contribution in [3.63, 3.8) is 0 Å². The summed E-state index contributed by atoms with van der Waals surface area (Å²) in [5, 5.41) is 3.98. The van der Waals surface area contributed by atoms with Crippen LogP contribution in [-0.4, -0.2) is 11.6 Å². The van der Waals surface area contributed by atoms with Gasteiger partial charge in [-0.05, 0) is 39.0 Å². The van der Waals surface area contributed by atoms with Crippen molar-refractivity contribution in [3.05, 3.63) is 47.5 Å². The Bertz CT molecular complexity index is 415. The van der Waals surface area contributed by atoms with E-state index >= 15 is 0 Å². The van der Waals surface area contributed by atoms with Crippen LogP contribution < -0.4 is 5.43 Å². The van der Waals surface area contributed by atoms with E-state index in [-0.39, 0.29) is 5.91 Å². The molecule has 1 N–H and O–H groups in total. The number of allylic oxidation sites excluding steroid dienone is 2. The molecule has 1 aromatic carbocycles. The second-order valence-corrected chi connectivity index (χ2v) is 3.78. The lowest BCUT2D eigenvalue weighted by molar-refractivity contribution is 0.0955. The Balaban J connectivity index is 2.63. The molecule has 0 bridgehead atoms. The summed E-state index contributed by atoms with van der Waals surface area (Å²) in [7, 11) is 0. The Morgan fingerprint density at radius 2 is 1.81 bits per heavy atom. The third-order valence-electron chi connectivity index (χ3n) is 1.87. The molecule has 0 heterocycles. The minimum atomic E-state index is -0.192. The van der Waals surface area contributed by atoms with Crippen LogP contribution in [0.5, 0.6) is 0 Å². The predicted octanol–water partition coefficient (Wildman–Crippen LogP) is 2.76. The van der Waals surface area contributed by atoms with E-state index in [2.05, 4.69) is 10.5 Å². The van der Waals surface area contributed by atoms with Gasteiger partial charge < -0.3 is 0 Å². The average molecular weight is 216 g/mol. The molecule has 1 aromatic rings. The van der Waals surface area contributed by atoms with Gasteiger partial charge in [-0.1, -0.05) is 23.8 Å². The highest BCUT2D eigenvalue weighted by atomic mass is 16.2. The van der Waals surface area contributed by atoms with Gasteiger partial charge in [-0.15, -0.1) is 0 Å². The van der Waals surface area contributed by atoms with Crippen molar-refractivity contribution >= 4 is 11.6 Å². The molecule has 3 heteroatoms. The molecular formula is C13H16N2O. The van der Waals surface area contributed by atoms with Crippen LogP contribution in [0.4, 0.5) is 0 Å². The SMILES string of the molecule is CC(C)=C/C(C)=N/NC(=O)c1ccccc1. The van der Waals surface area contributed by atoms with E-state index in [1.165, 1.54) is 0 Å². The van der Waals surface area contributed by atoms with Crippen molar-refractivity contribution in [1.82, 2.24) is 5.43 Å². The number of rotatable bonds is 3. The highest BCUT2D eigenvalue weighted by Crippen LogP contribution is 1.98. The summed E-state index contributed by atoms with van der Waals surface area (Å²) in [6, 6.07) is 9.01. The second-order valence-electron chi connectivity index (χ2n) is 3.78. The first-order valence-electron chi connectivity index (χ1n) is 5.14. The number of nitrogens with one attached hydrogen (secondary N) is 1. The van der Waals surface area contributed by atoms with Crippen LogP contribution in [0.1, 0.15) is 31.1 Å². The van der Waals surface area contributed by atoms with E-state index in [0.717, 1.165) is 11.3 Å². The quantitative estimate of drug-likeness (QED) is 0.612. The largest absolute Gasteiger partial charge is 0.271 e. The van der Waals surface area contributed by atoms with Crippen molar-refractivity contribution < 1.29 is 4.79 Å². The first-order chi connectivity index (χ1) is 7.59. The monoisotopic (exact) mass is 216 g/mol. The predicted molar refractivity (Wildman–Crippen MR) is 66.4 cm³/mol. The summed E-state index contributed by atoms with van der Waals surface area (Å²) < 4.78 is 0. The first kappa shape index (κ1) is 12.2. The molecule has 0 saturated carbocycles. The van der Waals surface area contributed by atoms with Gasteiger partial charge in [-0.2, -0.15) is 5.10 Å². The molecule has 1 amide bonds. The highest BCUT2D eigenvalue weighted by molar-refractivity contribution is 5.97. The van der Waals surface area contributed by atoms with Gasteiger partial charge in [-0.3, -0.25) is 4.79 Å². The summed E-state index contributed by atoms with van der Waals surface area (Å²) in [6.45, 7) is 5.81. The molecule has 0 atom stereocenters. The molecule has 0 aliphatic rings. The molecule has 16 heavy (non-hydrogen) atoms. The van der Waals surface area contributed by atoms with Gasteiger partial charge in [0.15, 0.2) is 0 Å². The first-order valence-corrected chi connectivity index (χ1v) is 5.14. The summed E-state index contributed by atoms with van der Waals surface area (Å²) in [5.41, 5.74) is 5.05. The molecule has 84 valence electrons. The fourth-order valence-corrected chi connectivity index (χ4v) is 1.24. The normalized spacial score (nSPS) is 10.8. The van der Waals surface area contributed by atoms with Gasteiger partial charge in [0, 0.05) is 5.56 Å². The van der Waals surface area contributed by atoms with Crippen molar-refractivity contribution in [1.29, 1.82) is 0 Å². The number of carbonyl (C=O) groups is 1. The van der Waals surface area contributed by atoms with E-state index in [4.69, 9.17) is 0 Å². The molecule has 0 aromatic heterocycles. The van der Waals surface area contributed by atoms with E-state index in [1.807, 2.05) is 45.0 Å². The zero-order chi connectivity index (χ0) is 12.0. The molecular weight excluding hydrogens is 200 g/mol. The fraction of sp³-hybridized carbons (Fsp3) is 0.231. The number of carbonyl (C=O) groups excluding carboxylic acids is 1. The smallest absolute Gasteiger partial charge is 0.267 e. The molecule has 0 unspecified atom stereocenters. The maximum absolute atomic E-state index is 11.6. The molecule has 0 radical (unpaired) electrons. The Morgan fingerprint density at radius 3 is 2.38 bits per heavy atom. The summed E-state index contributed by atoms with van der Waals surface area (Å²) >= 11 is 0. The van der Waals surface area contributed by atoms with Crippen LogP contribution >= 0.6 is 0 Å². The van der Waals surface area contributed by atoms with Crippen LogP contribution in [0.2, 0.25) is 0 Å². The standard InChI is InChI=1S/C13H16N2O/c1-10(2)9-11(3)14-15-13(16)12-7-5-4-6-8-12/h4-9H,1-3H3,(H,15,16)/b14-11+. The molecule has 0 fully saturated rings. The van der Waals surface area contributed by atoms with Gasteiger partial charge in [0.25, 0.3) is 5.91 Å². The number of hydrazone groups is 1. The van der Waals surface area contributed by atoms with Gasteiger partial charge in [0.1, 0.15) is 0 Å². The Kier molecular flexibility index (Phi) is 4.45. The molecule has 0 aliphatic heterocycles. The van der Waals surface area contributed by atoms with Crippen LogP contribution in [0.15, 0.2) is 47.1 Å². The van der Waals surface area contributed by atoms with Crippen molar-refractivity contribution in [3.8, 4) is 0 Å². The highest BCUT2D eigenvalue weighted by Gasteiger charge is 2.01. The topological polar surface area (TPSA) is 41.5 Å². The van der Waals surface area contributed by atoms with Crippen molar-refractivity contribution in [2.24, 2.45) is 5.10 Å². The van der Waals surface area contributed by atoms with E-state index in [0.29, 0.717) is 5.56 Å². The summed E-state index contributed by atoms with van der Waals surface area (Å²) in [4.78, 5) is 11.6. The minimum Gasteiger partial charge on any atom is -0.267 e. The van der Waals surface area contributed by atoms with Gasteiger partial charge >= 0.3 is 0 Å². The van der Waals surface area contributed by atoms with Crippen molar-refractivity contribution in [2.45, 2.75) is 20.8 Å². The molecule has 3 nitrogen and oxygen atoms in total. The third kappa shape index (κ3) is 4.09. The molecule has 1 rings (SSSR count). The second kappa shape index (κ2) is 5.85.